The summed E-state index contributed by atoms with van der Waals surface area (Å²) in [7, 11) is 2.88. The molecule has 6 heteroatoms. The average molecular weight is 304 g/mol. The molecule has 0 spiro atoms. The molecule has 0 radical (unpaired) electrons. The number of benzene rings is 1. The van der Waals surface area contributed by atoms with Gasteiger partial charge in [-0.25, -0.2) is 0 Å². The lowest BCUT2D eigenvalue weighted by Crippen LogP contribution is -2.37. The summed E-state index contributed by atoms with van der Waals surface area (Å²) in [6.45, 7) is 1.74. The first-order valence-electron chi connectivity index (χ1n) is 6.90. The third-order valence-corrected chi connectivity index (χ3v) is 3.95. The Morgan fingerprint density at radius 1 is 1.18 bits per heavy atom. The summed E-state index contributed by atoms with van der Waals surface area (Å²) in [5, 5.41) is 10.0. The van der Waals surface area contributed by atoms with E-state index in [4.69, 9.17) is 14.2 Å². The molecule has 0 amide bonds. The highest BCUT2D eigenvalue weighted by Gasteiger charge is 2.41. The predicted molar refractivity (Wildman–Crippen MR) is 76.4 cm³/mol. The summed E-state index contributed by atoms with van der Waals surface area (Å²) in [4.78, 5) is 25.5. The van der Waals surface area contributed by atoms with Crippen molar-refractivity contribution in [2.75, 3.05) is 14.2 Å². The summed E-state index contributed by atoms with van der Waals surface area (Å²) >= 11 is 0. The number of ketones is 2. The number of carbonyl (C=O) groups excluding carboxylic acids is 2. The molecule has 1 aromatic rings. The molecule has 0 unspecified atom stereocenters. The molecule has 1 heterocycles. The van der Waals surface area contributed by atoms with Crippen LogP contribution in [0.3, 0.4) is 0 Å². The molecular formula is C16H16O6. The normalized spacial score (nSPS) is 24.0. The standard InChI is InChI=1S/C16H16O6/c1-7-4-9-13(16(19)22-7)15(18)12-10(14(9)17)5-8(20-2)6-11(12)21-3/h5-7,16,19H,4H2,1-3H3/t7-,16+/m0/s1. The lowest BCUT2D eigenvalue weighted by atomic mass is 9.80. The minimum Gasteiger partial charge on any atom is -0.497 e. The topological polar surface area (TPSA) is 82.1 Å². The number of ether oxygens (including phenoxy) is 3. The molecule has 2 aliphatic rings. The number of carbonyl (C=O) groups is 2. The third kappa shape index (κ3) is 2.03. The van der Waals surface area contributed by atoms with E-state index in [9.17, 15) is 14.7 Å². The summed E-state index contributed by atoms with van der Waals surface area (Å²) in [5.74, 6) is -0.0639. The van der Waals surface area contributed by atoms with E-state index in [1.165, 1.54) is 26.4 Å². The van der Waals surface area contributed by atoms with E-state index in [2.05, 4.69) is 0 Å². The molecule has 0 bridgehead atoms. The molecular weight excluding hydrogens is 288 g/mol. The Bertz CT molecular complexity index is 703. The highest BCUT2D eigenvalue weighted by Crippen LogP contribution is 2.40. The van der Waals surface area contributed by atoms with E-state index in [1.807, 2.05) is 0 Å². The van der Waals surface area contributed by atoms with Gasteiger partial charge in [0.15, 0.2) is 17.9 Å². The number of hydrogen-bond donors (Lipinski definition) is 1. The van der Waals surface area contributed by atoms with Crippen molar-refractivity contribution in [3.63, 3.8) is 0 Å². The zero-order chi connectivity index (χ0) is 16.0. The second kappa shape index (κ2) is 5.23. The largest absolute Gasteiger partial charge is 0.497 e. The van der Waals surface area contributed by atoms with Crippen molar-refractivity contribution in [1.29, 1.82) is 0 Å². The Hall–Kier alpha value is -2.18. The maximum Gasteiger partial charge on any atom is 0.198 e. The number of aliphatic hydroxyl groups excluding tert-OH is 1. The maximum absolute atomic E-state index is 12.7. The van der Waals surface area contributed by atoms with Crippen molar-refractivity contribution < 1.29 is 28.9 Å². The fraction of sp³-hybridized carbons (Fsp3) is 0.375. The zero-order valence-electron chi connectivity index (χ0n) is 12.5. The molecule has 2 atom stereocenters. The first-order valence-corrected chi connectivity index (χ1v) is 6.90. The molecule has 0 fully saturated rings. The van der Waals surface area contributed by atoms with E-state index < -0.39 is 12.1 Å². The van der Waals surface area contributed by atoms with Crippen LogP contribution in [-0.2, 0) is 4.74 Å². The minimum atomic E-state index is -1.39. The SMILES string of the molecule is COc1cc(OC)c2c(c1)C(=O)C1=C(C2=O)[C@H](O)O[C@@H](C)C1. The lowest BCUT2D eigenvalue weighted by molar-refractivity contribution is -0.112. The molecule has 1 N–H and O–H groups in total. The van der Waals surface area contributed by atoms with Crippen LogP contribution in [0.15, 0.2) is 23.3 Å². The predicted octanol–water partition coefficient (Wildman–Crippen LogP) is 1.51. The van der Waals surface area contributed by atoms with Crippen LogP contribution in [0.4, 0.5) is 0 Å². The Kier molecular flexibility index (Phi) is 3.50. The van der Waals surface area contributed by atoms with Crippen molar-refractivity contribution in [1.82, 2.24) is 0 Å². The van der Waals surface area contributed by atoms with Gasteiger partial charge in [-0.05, 0) is 13.0 Å². The Morgan fingerprint density at radius 2 is 1.91 bits per heavy atom. The van der Waals surface area contributed by atoms with Gasteiger partial charge < -0.3 is 19.3 Å². The van der Waals surface area contributed by atoms with Crippen molar-refractivity contribution in [3.05, 3.63) is 34.4 Å². The van der Waals surface area contributed by atoms with Gasteiger partial charge in [0.2, 0.25) is 0 Å². The van der Waals surface area contributed by atoms with Gasteiger partial charge >= 0.3 is 0 Å². The number of Topliss-reactive ketones (excluding diaryl/α,β-unsaturated/α-hetero) is 2. The first-order chi connectivity index (χ1) is 10.5. The van der Waals surface area contributed by atoms with Crippen LogP contribution in [0.2, 0.25) is 0 Å². The van der Waals surface area contributed by atoms with E-state index in [1.54, 1.807) is 6.92 Å². The Labute approximate surface area is 127 Å². The molecule has 1 aliphatic carbocycles. The minimum absolute atomic E-state index is 0.0130. The summed E-state index contributed by atoms with van der Waals surface area (Å²) in [5.41, 5.74) is 0.698. The van der Waals surface area contributed by atoms with Gasteiger partial charge in [-0.3, -0.25) is 9.59 Å². The van der Waals surface area contributed by atoms with Crippen LogP contribution < -0.4 is 9.47 Å². The van der Waals surface area contributed by atoms with Gasteiger partial charge in [-0.15, -0.1) is 0 Å². The van der Waals surface area contributed by atoms with Crippen molar-refractivity contribution in [2.24, 2.45) is 0 Å². The van der Waals surface area contributed by atoms with Crippen molar-refractivity contribution in [2.45, 2.75) is 25.7 Å². The number of hydrogen-bond acceptors (Lipinski definition) is 6. The summed E-state index contributed by atoms with van der Waals surface area (Å²) in [6.07, 6.45) is -1.44. The van der Waals surface area contributed by atoms with Crippen LogP contribution >= 0.6 is 0 Å². The zero-order valence-corrected chi connectivity index (χ0v) is 12.5. The quantitative estimate of drug-likeness (QED) is 0.892. The highest BCUT2D eigenvalue weighted by atomic mass is 16.6. The number of rotatable bonds is 2. The second-order valence-corrected chi connectivity index (χ2v) is 5.31. The molecule has 6 nitrogen and oxygen atoms in total. The smallest absolute Gasteiger partial charge is 0.198 e. The van der Waals surface area contributed by atoms with Crippen LogP contribution in [0.25, 0.3) is 0 Å². The number of methoxy groups -OCH3 is 2. The van der Waals surface area contributed by atoms with E-state index >= 15 is 0 Å². The molecule has 3 rings (SSSR count). The van der Waals surface area contributed by atoms with Gasteiger partial charge in [0.1, 0.15) is 11.5 Å². The molecule has 22 heavy (non-hydrogen) atoms. The number of fused-ring (bicyclic) bond motifs is 1. The first kappa shape index (κ1) is 14.7. The van der Waals surface area contributed by atoms with Crippen LogP contribution in [0, 0.1) is 0 Å². The monoisotopic (exact) mass is 304 g/mol. The molecule has 0 saturated carbocycles. The highest BCUT2D eigenvalue weighted by molar-refractivity contribution is 6.28. The molecule has 0 saturated heterocycles. The van der Waals surface area contributed by atoms with Crippen molar-refractivity contribution in [3.8, 4) is 11.5 Å². The summed E-state index contributed by atoms with van der Waals surface area (Å²) < 4.78 is 15.6. The fourth-order valence-electron chi connectivity index (χ4n) is 2.93. The van der Waals surface area contributed by atoms with Crippen LogP contribution in [0.1, 0.15) is 34.1 Å². The lowest BCUT2D eigenvalue weighted by Gasteiger charge is -2.32. The molecule has 116 valence electrons. The van der Waals surface area contributed by atoms with Gasteiger partial charge in [0.05, 0.1) is 31.5 Å². The van der Waals surface area contributed by atoms with Gasteiger partial charge in [-0.1, -0.05) is 0 Å². The van der Waals surface area contributed by atoms with Gasteiger partial charge in [-0.2, -0.15) is 0 Å². The molecule has 0 aromatic heterocycles. The van der Waals surface area contributed by atoms with Gasteiger partial charge in [0.25, 0.3) is 0 Å². The van der Waals surface area contributed by atoms with Crippen LogP contribution in [-0.4, -0.2) is 43.3 Å². The van der Waals surface area contributed by atoms with Crippen LogP contribution in [0.5, 0.6) is 11.5 Å². The number of aliphatic hydroxyl groups is 1. The van der Waals surface area contributed by atoms with E-state index in [0.29, 0.717) is 11.3 Å². The fourth-order valence-corrected chi connectivity index (χ4v) is 2.93. The third-order valence-electron chi connectivity index (χ3n) is 3.95. The van der Waals surface area contributed by atoms with E-state index in [0.717, 1.165) is 0 Å². The Balaban J connectivity index is 2.24. The van der Waals surface area contributed by atoms with Gasteiger partial charge in [0, 0.05) is 23.6 Å². The summed E-state index contributed by atoms with van der Waals surface area (Å²) in [6, 6.07) is 3.06. The molecule has 1 aliphatic heterocycles. The maximum atomic E-state index is 12.7. The molecule has 1 aromatic carbocycles. The van der Waals surface area contributed by atoms with E-state index in [-0.39, 0.29) is 40.8 Å². The average Bonchev–Trinajstić information content (AvgIpc) is 2.50. The van der Waals surface area contributed by atoms with Crippen molar-refractivity contribution >= 4 is 11.6 Å². The second-order valence-electron chi connectivity index (χ2n) is 5.31. The Morgan fingerprint density at radius 3 is 2.55 bits per heavy atom.